The maximum absolute atomic E-state index is 12.1. The lowest BCUT2D eigenvalue weighted by molar-refractivity contribution is -0.0860. The quantitative estimate of drug-likeness (QED) is 0.869. The van der Waals surface area contributed by atoms with Crippen LogP contribution in [0.15, 0.2) is 12.1 Å². The molecule has 98 valence electrons. The van der Waals surface area contributed by atoms with Crippen molar-refractivity contribution >= 4 is 29.1 Å². The van der Waals surface area contributed by atoms with Gasteiger partial charge in [-0.05, 0) is 18.6 Å². The fraction of sp³-hybridized carbons (Fsp3) is 0.500. The van der Waals surface area contributed by atoms with Crippen molar-refractivity contribution in [2.75, 3.05) is 13.1 Å². The first-order valence-corrected chi connectivity index (χ1v) is 6.54. The Balaban J connectivity index is 2.06. The lowest BCUT2D eigenvalue weighted by Gasteiger charge is -2.46. The molecule has 0 aliphatic carbocycles. The molecule has 1 amide bonds. The molecule has 1 fully saturated rings. The van der Waals surface area contributed by atoms with Gasteiger partial charge in [-0.15, -0.1) is 0 Å². The third kappa shape index (κ3) is 2.60. The van der Waals surface area contributed by atoms with Crippen LogP contribution in [0.1, 0.15) is 30.1 Å². The molecule has 1 aliphatic rings. The van der Waals surface area contributed by atoms with Gasteiger partial charge in [0.25, 0.3) is 5.91 Å². The van der Waals surface area contributed by atoms with E-state index in [4.69, 9.17) is 23.2 Å². The summed E-state index contributed by atoms with van der Waals surface area (Å²) in [7, 11) is 0. The van der Waals surface area contributed by atoms with Gasteiger partial charge in [0.1, 0.15) is 10.3 Å². The molecular weight excluding hydrogens is 275 g/mol. The minimum absolute atomic E-state index is 0.0958. The second kappa shape index (κ2) is 5.03. The number of nitrogens with zero attached hydrogens (tertiary/aromatic N) is 2. The van der Waals surface area contributed by atoms with Crippen LogP contribution in [0.5, 0.6) is 0 Å². The Kier molecular flexibility index (Phi) is 3.80. The highest BCUT2D eigenvalue weighted by atomic mass is 35.5. The molecule has 18 heavy (non-hydrogen) atoms. The van der Waals surface area contributed by atoms with Crippen molar-refractivity contribution in [2.24, 2.45) is 0 Å². The summed E-state index contributed by atoms with van der Waals surface area (Å²) in [5.41, 5.74) is -0.420. The number of likely N-dealkylation sites (tertiary alicyclic amines) is 1. The molecule has 2 rings (SSSR count). The number of hydrogen-bond acceptors (Lipinski definition) is 3. The summed E-state index contributed by atoms with van der Waals surface area (Å²) < 4.78 is 0. The van der Waals surface area contributed by atoms with E-state index in [1.807, 2.05) is 6.92 Å². The Hall–Kier alpha value is -0.840. The Bertz CT molecular complexity index is 473. The number of aromatic nitrogens is 1. The summed E-state index contributed by atoms with van der Waals surface area (Å²) in [6, 6.07) is 3.08. The number of pyridine rings is 1. The van der Waals surface area contributed by atoms with Gasteiger partial charge >= 0.3 is 0 Å². The summed E-state index contributed by atoms with van der Waals surface area (Å²) in [5, 5.41) is 10.4. The molecule has 0 aromatic carbocycles. The Labute approximate surface area is 116 Å². The second-order valence-electron chi connectivity index (χ2n) is 4.61. The van der Waals surface area contributed by atoms with Crippen LogP contribution in [-0.4, -0.2) is 39.6 Å². The monoisotopic (exact) mass is 288 g/mol. The van der Waals surface area contributed by atoms with Gasteiger partial charge in [-0.1, -0.05) is 36.5 Å². The van der Waals surface area contributed by atoms with E-state index in [-0.39, 0.29) is 16.2 Å². The number of amides is 1. The first kappa shape index (κ1) is 13.6. The third-order valence-corrected chi connectivity index (χ3v) is 3.52. The van der Waals surface area contributed by atoms with Crippen molar-refractivity contribution in [3.63, 3.8) is 0 Å². The zero-order valence-electron chi connectivity index (χ0n) is 9.99. The number of aliphatic hydroxyl groups is 1. The second-order valence-corrected chi connectivity index (χ2v) is 5.35. The minimum Gasteiger partial charge on any atom is -0.386 e. The molecule has 0 saturated carbocycles. The zero-order chi connectivity index (χ0) is 13.3. The van der Waals surface area contributed by atoms with E-state index in [9.17, 15) is 9.90 Å². The largest absolute Gasteiger partial charge is 0.386 e. The molecule has 0 spiro atoms. The Morgan fingerprint density at radius 3 is 2.72 bits per heavy atom. The molecule has 0 bridgehead atoms. The van der Waals surface area contributed by atoms with E-state index in [1.165, 1.54) is 6.07 Å². The van der Waals surface area contributed by atoms with Crippen LogP contribution < -0.4 is 0 Å². The number of rotatable bonds is 3. The SMILES string of the molecule is CCCC1(O)CN(C(=O)c2ccc(Cl)nc2Cl)C1. The topological polar surface area (TPSA) is 53.4 Å². The van der Waals surface area contributed by atoms with E-state index in [0.29, 0.717) is 25.1 Å². The molecule has 1 saturated heterocycles. The van der Waals surface area contributed by atoms with Gasteiger partial charge in [0.2, 0.25) is 0 Å². The zero-order valence-corrected chi connectivity index (χ0v) is 11.5. The summed E-state index contributed by atoms with van der Waals surface area (Å²) in [6.07, 6.45) is 1.59. The van der Waals surface area contributed by atoms with E-state index < -0.39 is 5.60 Å². The summed E-state index contributed by atoms with van der Waals surface area (Å²) in [4.78, 5) is 17.5. The van der Waals surface area contributed by atoms with Crippen molar-refractivity contribution in [3.8, 4) is 0 Å². The van der Waals surface area contributed by atoms with Gasteiger partial charge in [0.05, 0.1) is 24.3 Å². The van der Waals surface area contributed by atoms with E-state index >= 15 is 0 Å². The lowest BCUT2D eigenvalue weighted by atomic mass is 9.89. The maximum Gasteiger partial charge on any atom is 0.257 e. The number of hydrogen-bond donors (Lipinski definition) is 1. The summed E-state index contributed by atoms with van der Waals surface area (Å²) in [6.45, 7) is 2.69. The highest BCUT2D eigenvalue weighted by Crippen LogP contribution is 2.28. The van der Waals surface area contributed by atoms with Gasteiger partial charge in [-0.2, -0.15) is 0 Å². The average molecular weight is 289 g/mol. The van der Waals surface area contributed by atoms with Crippen LogP contribution in [0.2, 0.25) is 10.3 Å². The summed E-state index contributed by atoms with van der Waals surface area (Å²) in [5.74, 6) is -0.218. The molecule has 4 nitrogen and oxygen atoms in total. The van der Waals surface area contributed by atoms with Crippen LogP contribution in [-0.2, 0) is 0 Å². The van der Waals surface area contributed by atoms with Crippen molar-refractivity contribution in [2.45, 2.75) is 25.4 Å². The van der Waals surface area contributed by atoms with Crippen molar-refractivity contribution in [1.29, 1.82) is 0 Å². The number of carbonyl (C=O) groups excluding carboxylic acids is 1. The van der Waals surface area contributed by atoms with Crippen LogP contribution >= 0.6 is 23.2 Å². The van der Waals surface area contributed by atoms with Crippen LogP contribution in [0.3, 0.4) is 0 Å². The first-order chi connectivity index (χ1) is 8.45. The molecule has 6 heteroatoms. The van der Waals surface area contributed by atoms with Gasteiger partial charge in [-0.3, -0.25) is 4.79 Å². The minimum atomic E-state index is -0.739. The van der Waals surface area contributed by atoms with Gasteiger partial charge in [0, 0.05) is 0 Å². The highest BCUT2D eigenvalue weighted by Gasteiger charge is 2.43. The van der Waals surface area contributed by atoms with Gasteiger partial charge in [-0.25, -0.2) is 4.98 Å². The molecule has 0 atom stereocenters. The number of β-amino-alcohol motifs (C(OH)–C–C–N with tert-alkyl or cyclic N) is 1. The normalized spacial score (nSPS) is 17.4. The molecule has 1 aliphatic heterocycles. The third-order valence-electron chi connectivity index (χ3n) is 3.02. The Morgan fingerprint density at radius 2 is 2.17 bits per heavy atom. The standard InChI is InChI=1S/C12H14Cl2N2O2/c1-2-5-12(18)6-16(7-12)11(17)8-3-4-9(13)15-10(8)14/h3-4,18H,2,5-7H2,1H3. The molecule has 1 aromatic heterocycles. The average Bonchev–Trinajstić information content (AvgIpc) is 2.25. The van der Waals surface area contributed by atoms with E-state index in [1.54, 1.807) is 11.0 Å². The molecule has 1 N–H and O–H groups in total. The molecular formula is C12H14Cl2N2O2. The fourth-order valence-corrected chi connectivity index (χ4v) is 2.60. The lowest BCUT2D eigenvalue weighted by Crippen LogP contribution is -2.63. The maximum atomic E-state index is 12.1. The number of halogens is 2. The van der Waals surface area contributed by atoms with Crippen LogP contribution in [0.4, 0.5) is 0 Å². The highest BCUT2D eigenvalue weighted by molar-refractivity contribution is 6.34. The van der Waals surface area contributed by atoms with E-state index in [2.05, 4.69) is 4.98 Å². The van der Waals surface area contributed by atoms with Gasteiger partial charge in [0.15, 0.2) is 0 Å². The van der Waals surface area contributed by atoms with Crippen LogP contribution in [0.25, 0.3) is 0 Å². The molecule has 1 aromatic rings. The smallest absolute Gasteiger partial charge is 0.257 e. The first-order valence-electron chi connectivity index (χ1n) is 5.79. The Morgan fingerprint density at radius 1 is 1.50 bits per heavy atom. The predicted molar refractivity (Wildman–Crippen MR) is 70.0 cm³/mol. The van der Waals surface area contributed by atoms with Crippen LogP contribution in [0, 0.1) is 0 Å². The van der Waals surface area contributed by atoms with E-state index in [0.717, 1.165) is 6.42 Å². The van der Waals surface area contributed by atoms with Gasteiger partial charge < -0.3 is 10.0 Å². The molecule has 2 heterocycles. The van der Waals surface area contributed by atoms with Crippen molar-refractivity contribution < 1.29 is 9.90 Å². The molecule has 0 radical (unpaired) electrons. The van der Waals surface area contributed by atoms with Crippen molar-refractivity contribution in [1.82, 2.24) is 9.88 Å². The number of carbonyl (C=O) groups is 1. The molecule has 0 unspecified atom stereocenters. The fourth-order valence-electron chi connectivity index (χ4n) is 2.17. The van der Waals surface area contributed by atoms with Crippen molar-refractivity contribution in [3.05, 3.63) is 28.0 Å². The predicted octanol–water partition coefficient (Wildman–Crippen LogP) is 2.38. The summed E-state index contributed by atoms with van der Waals surface area (Å²) >= 11 is 11.6.